The average molecular weight is 281 g/mol. The van der Waals surface area contributed by atoms with Crippen LogP contribution in [0.15, 0.2) is 36.4 Å². The summed E-state index contributed by atoms with van der Waals surface area (Å²) in [5.74, 6) is 0.119. The number of ether oxygens (including phenoxy) is 1. The van der Waals surface area contributed by atoms with Crippen LogP contribution in [0.3, 0.4) is 0 Å². The highest BCUT2D eigenvalue weighted by molar-refractivity contribution is 6.33. The van der Waals surface area contributed by atoms with Crippen LogP contribution in [-0.2, 0) is 0 Å². The topological polar surface area (TPSA) is 47.3 Å². The predicted molar refractivity (Wildman–Crippen MR) is 76.7 cm³/mol. The second-order valence-electron chi connectivity index (χ2n) is 3.87. The maximum absolute atomic E-state index is 13.7. The normalized spacial score (nSPS) is 10.3. The Labute approximate surface area is 116 Å². The summed E-state index contributed by atoms with van der Waals surface area (Å²) in [6.07, 6.45) is 0. The second kappa shape index (κ2) is 5.80. The molecular formula is C14H14ClFN2O. The van der Waals surface area contributed by atoms with Gasteiger partial charge >= 0.3 is 0 Å². The molecule has 0 fully saturated rings. The van der Waals surface area contributed by atoms with E-state index in [1.54, 1.807) is 30.3 Å². The van der Waals surface area contributed by atoms with Crippen LogP contribution in [0.5, 0.6) is 5.75 Å². The van der Waals surface area contributed by atoms with Gasteiger partial charge in [-0.2, -0.15) is 0 Å². The maximum atomic E-state index is 13.7. The molecule has 0 aliphatic rings. The van der Waals surface area contributed by atoms with Gasteiger partial charge in [-0.15, -0.1) is 0 Å². The number of anilines is 3. The number of benzene rings is 2. The highest BCUT2D eigenvalue weighted by Crippen LogP contribution is 2.34. The molecular weight excluding hydrogens is 267 g/mol. The molecule has 3 N–H and O–H groups in total. The number of rotatable bonds is 4. The monoisotopic (exact) mass is 280 g/mol. The minimum atomic E-state index is -0.436. The van der Waals surface area contributed by atoms with Gasteiger partial charge in [-0.05, 0) is 31.2 Å². The maximum Gasteiger partial charge on any atom is 0.148 e. The fourth-order valence-corrected chi connectivity index (χ4v) is 1.90. The van der Waals surface area contributed by atoms with Gasteiger partial charge in [0.25, 0.3) is 0 Å². The van der Waals surface area contributed by atoms with Crippen molar-refractivity contribution in [3.05, 3.63) is 47.2 Å². The Morgan fingerprint density at radius 1 is 1.26 bits per heavy atom. The number of hydrogen-bond donors (Lipinski definition) is 2. The zero-order valence-electron chi connectivity index (χ0n) is 10.4. The lowest BCUT2D eigenvalue weighted by Gasteiger charge is -2.14. The number of nitrogens with two attached hydrogens (primary N) is 1. The SMILES string of the molecule is CCOc1cccc(Nc2c(F)cccc2Cl)c1N. The molecule has 0 bridgehead atoms. The zero-order valence-corrected chi connectivity index (χ0v) is 11.2. The molecule has 0 aliphatic carbocycles. The number of halogens is 2. The van der Waals surface area contributed by atoms with E-state index in [4.69, 9.17) is 22.1 Å². The second-order valence-corrected chi connectivity index (χ2v) is 4.28. The number of nitrogens with one attached hydrogen (secondary N) is 1. The van der Waals surface area contributed by atoms with E-state index in [0.29, 0.717) is 28.8 Å². The van der Waals surface area contributed by atoms with Crippen molar-refractivity contribution in [3.63, 3.8) is 0 Å². The molecule has 0 spiro atoms. The predicted octanol–water partition coefficient (Wildman–Crippen LogP) is 4.20. The molecule has 0 heterocycles. The van der Waals surface area contributed by atoms with Gasteiger partial charge in [0.15, 0.2) is 0 Å². The molecule has 5 heteroatoms. The Bertz CT molecular complexity index is 569. The molecule has 2 aromatic rings. The van der Waals surface area contributed by atoms with E-state index >= 15 is 0 Å². The molecule has 0 saturated heterocycles. The Hall–Kier alpha value is -1.94. The summed E-state index contributed by atoms with van der Waals surface area (Å²) >= 11 is 5.96. The molecule has 3 nitrogen and oxygen atoms in total. The van der Waals surface area contributed by atoms with Crippen molar-refractivity contribution >= 4 is 28.7 Å². The molecule has 0 atom stereocenters. The zero-order chi connectivity index (χ0) is 13.8. The van der Waals surface area contributed by atoms with E-state index in [9.17, 15) is 4.39 Å². The van der Waals surface area contributed by atoms with Gasteiger partial charge < -0.3 is 15.8 Å². The fraction of sp³-hybridized carbons (Fsp3) is 0.143. The molecule has 0 saturated carbocycles. The van der Waals surface area contributed by atoms with Gasteiger partial charge in [0.1, 0.15) is 11.6 Å². The van der Waals surface area contributed by atoms with Gasteiger partial charge in [0, 0.05) is 0 Å². The van der Waals surface area contributed by atoms with Gasteiger partial charge in [-0.25, -0.2) is 4.39 Å². The summed E-state index contributed by atoms with van der Waals surface area (Å²) in [4.78, 5) is 0. The van der Waals surface area contributed by atoms with Gasteiger partial charge in [0.05, 0.1) is 28.7 Å². The smallest absolute Gasteiger partial charge is 0.148 e. The van der Waals surface area contributed by atoms with Crippen molar-refractivity contribution < 1.29 is 9.13 Å². The Kier molecular flexibility index (Phi) is 4.12. The minimum Gasteiger partial charge on any atom is -0.492 e. The molecule has 2 aromatic carbocycles. The van der Waals surface area contributed by atoms with Crippen LogP contribution in [0.4, 0.5) is 21.5 Å². The summed E-state index contributed by atoms with van der Waals surface area (Å²) in [7, 11) is 0. The first-order chi connectivity index (χ1) is 9.13. The van der Waals surface area contributed by atoms with E-state index < -0.39 is 5.82 Å². The van der Waals surface area contributed by atoms with Crippen molar-refractivity contribution in [1.29, 1.82) is 0 Å². The molecule has 0 aliphatic heterocycles. The molecule has 2 rings (SSSR count). The van der Waals surface area contributed by atoms with Crippen LogP contribution in [0.1, 0.15) is 6.92 Å². The molecule has 0 unspecified atom stereocenters. The van der Waals surface area contributed by atoms with Crippen LogP contribution >= 0.6 is 11.6 Å². The lowest BCUT2D eigenvalue weighted by Crippen LogP contribution is -2.02. The quantitative estimate of drug-likeness (QED) is 0.825. The number of para-hydroxylation sites is 2. The van der Waals surface area contributed by atoms with E-state index in [0.717, 1.165) is 0 Å². The van der Waals surface area contributed by atoms with Crippen molar-refractivity contribution in [2.24, 2.45) is 0 Å². The Balaban J connectivity index is 2.36. The van der Waals surface area contributed by atoms with Crippen LogP contribution in [0, 0.1) is 5.82 Å². The first kappa shape index (κ1) is 13.5. The first-order valence-electron chi connectivity index (χ1n) is 5.85. The summed E-state index contributed by atoms with van der Waals surface area (Å²) in [5.41, 5.74) is 7.14. The lowest BCUT2D eigenvalue weighted by atomic mass is 10.2. The third-order valence-corrected chi connectivity index (χ3v) is 2.90. The first-order valence-corrected chi connectivity index (χ1v) is 6.23. The van der Waals surface area contributed by atoms with Gasteiger partial charge in [0.2, 0.25) is 0 Å². The molecule has 0 radical (unpaired) electrons. The standard InChI is InChI=1S/C14H14ClFN2O/c1-2-19-12-8-4-7-11(13(12)17)18-14-9(15)5-3-6-10(14)16/h3-8,18H,2,17H2,1H3. The van der Waals surface area contributed by atoms with E-state index in [1.165, 1.54) is 6.07 Å². The van der Waals surface area contributed by atoms with Crippen LogP contribution < -0.4 is 15.8 Å². The summed E-state index contributed by atoms with van der Waals surface area (Å²) in [5, 5.41) is 3.19. The summed E-state index contributed by atoms with van der Waals surface area (Å²) < 4.78 is 19.1. The minimum absolute atomic E-state index is 0.199. The van der Waals surface area contributed by atoms with Crippen molar-refractivity contribution in [2.45, 2.75) is 6.92 Å². The van der Waals surface area contributed by atoms with E-state index in [2.05, 4.69) is 5.32 Å². The Morgan fingerprint density at radius 3 is 2.68 bits per heavy atom. The molecule has 0 amide bonds. The third kappa shape index (κ3) is 2.90. The third-order valence-electron chi connectivity index (χ3n) is 2.59. The molecule has 19 heavy (non-hydrogen) atoms. The summed E-state index contributed by atoms with van der Waals surface area (Å²) in [6.45, 7) is 2.38. The average Bonchev–Trinajstić information content (AvgIpc) is 2.38. The molecule has 100 valence electrons. The Morgan fingerprint density at radius 2 is 2.00 bits per heavy atom. The van der Waals surface area contributed by atoms with Crippen LogP contribution in [0.2, 0.25) is 5.02 Å². The van der Waals surface area contributed by atoms with Crippen LogP contribution in [0.25, 0.3) is 0 Å². The van der Waals surface area contributed by atoms with Gasteiger partial charge in [-0.3, -0.25) is 0 Å². The fourth-order valence-electron chi connectivity index (χ4n) is 1.69. The van der Waals surface area contributed by atoms with Crippen molar-refractivity contribution in [2.75, 3.05) is 17.7 Å². The summed E-state index contributed by atoms with van der Waals surface area (Å²) in [6, 6.07) is 9.75. The highest BCUT2D eigenvalue weighted by Gasteiger charge is 2.10. The lowest BCUT2D eigenvalue weighted by molar-refractivity contribution is 0.342. The van der Waals surface area contributed by atoms with Crippen molar-refractivity contribution in [3.8, 4) is 5.75 Å². The van der Waals surface area contributed by atoms with Crippen molar-refractivity contribution in [1.82, 2.24) is 0 Å². The number of hydrogen-bond acceptors (Lipinski definition) is 3. The van der Waals surface area contributed by atoms with E-state index in [1.807, 2.05) is 6.92 Å². The number of nitrogen functional groups attached to an aromatic ring is 1. The largest absolute Gasteiger partial charge is 0.492 e. The van der Waals surface area contributed by atoms with Gasteiger partial charge in [-0.1, -0.05) is 23.7 Å². The van der Waals surface area contributed by atoms with E-state index in [-0.39, 0.29) is 5.69 Å². The highest BCUT2D eigenvalue weighted by atomic mass is 35.5. The molecule has 0 aromatic heterocycles. The van der Waals surface area contributed by atoms with Crippen LogP contribution in [-0.4, -0.2) is 6.61 Å².